The summed E-state index contributed by atoms with van der Waals surface area (Å²) in [6.45, 7) is 6.17. The first-order valence-corrected chi connectivity index (χ1v) is 5.65. The third-order valence-electron chi connectivity index (χ3n) is 2.63. The molecular formula is C13H19NO3. The largest absolute Gasteiger partial charge is 0.478 e. The van der Waals surface area contributed by atoms with Crippen molar-refractivity contribution in [2.45, 2.75) is 32.8 Å². The normalized spacial score (nSPS) is 12.5. The number of rotatable bonds is 5. The van der Waals surface area contributed by atoms with Gasteiger partial charge in [-0.2, -0.15) is 0 Å². The van der Waals surface area contributed by atoms with E-state index in [0.29, 0.717) is 11.7 Å². The second-order valence-corrected chi connectivity index (χ2v) is 4.35. The summed E-state index contributed by atoms with van der Waals surface area (Å²) in [6, 6.07) is 5.60. The lowest BCUT2D eigenvalue weighted by molar-refractivity contribution is -0.144. The first-order valence-electron chi connectivity index (χ1n) is 5.65. The highest BCUT2D eigenvalue weighted by molar-refractivity contribution is 5.73. The molecule has 1 aromatic carbocycles. The van der Waals surface area contributed by atoms with Crippen LogP contribution < -0.4 is 10.5 Å². The van der Waals surface area contributed by atoms with Gasteiger partial charge in [0, 0.05) is 6.54 Å². The molecule has 1 atom stereocenters. The number of carbonyl (C=O) groups is 1. The first kappa shape index (κ1) is 13.5. The molecule has 4 heteroatoms. The van der Waals surface area contributed by atoms with Crippen LogP contribution in [0.3, 0.4) is 0 Å². The standard InChI is InChI=1S/C13H19NO3/c1-8(2)11-5-4-10(6-9(11)3)17-12(7-14)13(15)16/h4-6,8,12H,7,14H2,1-3H3,(H,15,16). The van der Waals surface area contributed by atoms with Gasteiger partial charge in [0.2, 0.25) is 6.10 Å². The van der Waals surface area contributed by atoms with Gasteiger partial charge >= 0.3 is 5.97 Å². The van der Waals surface area contributed by atoms with E-state index in [2.05, 4.69) is 13.8 Å². The number of nitrogens with two attached hydrogens (primary N) is 1. The number of aryl methyl sites for hydroxylation is 1. The van der Waals surface area contributed by atoms with Crippen molar-refractivity contribution in [3.05, 3.63) is 29.3 Å². The van der Waals surface area contributed by atoms with Crippen molar-refractivity contribution >= 4 is 5.97 Å². The van der Waals surface area contributed by atoms with Crippen molar-refractivity contribution in [2.75, 3.05) is 6.54 Å². The van der Waals surface area contributed by atoms with Crippen LogP contribution in [0.4, 0.5) is 0 Å². The van der Waals surface area contributed by atoms with Gasteiger partial charge in [0.25, 0.3) is 0 Å². The molecule has 1 rings (SSSR count). The predicted molar refractivity (Wildman–Crippen MR) is 66.4 cm³/mol. The van der Waals surface area contributed by atoms with Crippen molar-refractivity contribution in [1.82, 2.24) is 0 Å². The Balaban J connectivity index is 2.87. The summed E-state index contributed by atoms with van der Waals surface area (Å²) in [5.74, 6) is -0.0586. The van der Waals surface area contributed by atoms with Crippen molar-refractivity contribution in [3.8, 4) is 5.75 Å². The number of carboxylic acids is 1. The summed E-state index contributed by atoms with van der Waals surface area (Å²) in [7, 11) is 0. The van der Waals surface area contributed by atoms with Crippen LogP contribution in [-0.2, 0) is 4.79 Å². The smallest absolute Gasteiger partial charge is 0.346 e. The number of hydrogen-bond donors (Lipinski definition) is 2. The maximum absolute atomic E-state index is 10.8. The lowest BCUT2D eigenvalue weighted by atomic mass is 9.98. The minimum absolute atomic E-state index is 0.0414. The molecule has 0 saturated heterocycles. The molecule has 0 saturated carbocycles. The number of ether oxygens (including phenoxy) is 1. The molecule has 0 aliphatic heterocycles. The van der Waals surface area contributed by atoms with E-state index in [1.165, 1.54) is 5.56 Å². The van der Waals surface area contributed by atoms with Crippen molar-refractivity contribution in [2.24, 2.45) is 5.73 Å². The summed E-state index contributed by atoms with van der Waals surface area (Å²) in [6.07, 6.45) is -0.987. The minimum atomic E-state index is -1.04. The molecule has 0 heterocycles. The highest BCUT2D eigenvalue weighted by Crippen LogP contribution is 2.24. The zero-order chi connectivity index (χ0) is 13.0. The Hall–Kier alpha value is -1.55. The van der Waals surface area contributed by atoms with Gasteiger partial charge in [0.1, 0.15) is 5.75 Å². The molecule has 0 bridgehead atoms. The van der Waals surface area contributed by atoms with Crippen molar-refractivity contribution < 1.29 is 14.6 Å². The first-order chi connectivity index (χ1) is 7.95. The fraction of sp³-hybridized carbons (Fsp3) is 0.462. The van der Waals surface area contributed by atoms with E-state index in [0.717, 1.165) is 5.56 Å². The molecule has 4 nitrogen and oxygen atoms in total. The van der Waals surface area contributed by atoms with E-state index in [1.54, 1.807) is 6.07 Å². The molecule has 1 unspecified atom stereocenters. The maximum Gasteiger partial charge on any atom is 0.346 e. The molecule has 0 spiro atoms. The number of benzene rings is 1. The molecule has 0 fully saturated rings. The fourth-order valence-electron chi connectivity index (χ4n) is 1.73. The van der Waals surface area contributed by atoms with Crippen LogP contribution >= 0.6 is 0 Å². The lowest BCUT2D eigenvalue weighted by Gasteiger charge is -2.15. The third-order valence-corrected chi connectivity index (χ3v) is 2.63. The summed E-state index contributed by atoms with van der Waals surface area (Å²) in [5.41, 5.74) is 7.66. The second kappa shape index (κ2) is 5.68. The molecule has 0 radical (unpaired) electrons. The topological polar surface area (TPSA) is 72.5 Å². The van der Waals surface area contributed by atoms with Crippen LogP contribution in [0.5, 0.6) is 5.75 Å². The SMILES string of the molecule is Cc1cc(OC(CN)C(=O)O)ccc1C(C)C. The Morgan fingerprint density at radius 1 is 1.47 bits per heavy atom. The Kier molecular flexibility index (Phi) is 4.52. The van der Waals surface area contributed by atoms with Gasteiger partial charge in [0.15, 0.2) is 0 Å². The van der Waals surface area contributed by atoms with E-state index in [1.807, 2.05) is 19.1 Å². The molecular weight excluding hydrogens is 218 g/mol. The molecule has 3 N–H and O–H groups in total. The Labute approximate surface area is 101 Å². The van der Waals surface area contributed by atoms with Crippen LogP contribution in [0.1, 0.15) is 30.9 Å². The van der Waals surface area contributed by atoms with Gasteiger partial charge in [0.05, 0.1) is 0 Å². The fourth-order valence-corrected chi connectivity index (χ4v) is 1.73. The lowest BCUT2D eigenvalue weighted by Crippen LogP contribution is -2.34. The monoisotopic (exact) mass is 237 g/mol. The van der Waals surface area contributed by atoms with Gasteiger partial charge in [-0.1, -0.05) is 19.9 Å². The van der Waals surface area contributed by atoms with E-state index >= 15 is 0 Å². The van der Waals surface area contributed by atoms with Crippen molar-refractivity contribution in [1.29, 1.82) is 0 Å². The quantitative estimate of drug-likeness (QED) is 0.820. The molecule has 0 amide bonds. The number of hydrogen-bond acceptors (Lipinski definition) is 3. The summed E-state index contributed by atoms with van der Waals surface area (Å²) >= 11 is 0. The molecule has 0 aliphatic rings. The molecule has 17 heavy (non-hydrogen) atoms. The van der Waals surface area contributed by atoms with Crippen LogP contribution in [0.2, 0.25) is 0 Å². The summed E-state index contributed by atoms with van der Waals surface area (Å²) < 4.78 is 5.32. The Morgan fingerprint density at radius 3 is 2.53 bits per heavy atom. The average Bonchev–Trinajstić information content (AvgIpc) is 2.24. The van der Waals surface area contributed by atoms with E-state index in [9.17, 15) is 4.79 Å². The van der Waals surface area contributed by atoms with Gasteiger partial charge in [-0.15, -0.1) is 0 Å². The van der Waals surface area contributed by atoms with Gasteiger partial charge in [-0.25, -0.2) is 4.79 Å². The van der Waals surface area contributed by atoms with Crippen LogP contribution in [0, 0.1) is 6.92 Å². The summed E-state index contributed by atoms with van der Waals surface area (Å²) in [4.78, 5) is 10.8. The van der Waals surface area contributed by atoms with Gasteiger partial charge in [-0.05, 0) is 36.1 Å². The highest BCUT2D eigenvalue weighted by atomic mass is 16.5. The Morgan fingerprint density at radius 2 is 2.12 bits per heavy atom. The second-order valence-electron chi connectivity index (χ2n) is 4.35. The molecule has 94 valence electrons. The van der Waals surface area contributed by atoms with E-state index < -0.39 is 12.1 Å². The minimum Gasteiger partial charge on any atom is -0.478 e. The van der Waals surface area contributed by atoms with E-state index in [-0.39, 0.29) is 6.54 Å². The van der Waals surface area contributed by atoms with Gasteiger partial charge in [-0.3, -0.25) is 0 Å². The third kappa shape index (κ3) is 3.46. The Bertz CT molecular complexity index is 402. The molecule has 1 aromatic rings. The number of carboxylic acid groups (broad SMARTS) is 1. The number of aliphatic carboxylic acids is 1. The van der Waals surface area contributed by atoms with Crippen LogP contribution in [-0.4, -0.2) is 23.7 Å². The highest BCUT2D eigenvalue weighted by Gasteiger charge is 2.17. The van der Waals surface area contributed by atoms with Gasteiger partial charge < -0.3 is 15.6 Å². The predicted octanol–water partition coefficient (Wildman–Crippen LogP) is 1.91. The van der Waals surface area contributed by atoms with Crippen LogP contribution in [0.25, 0.3) is 0 Å². The molecule has 0 aliphatic carbocycles. The maximum atomic E-state index is 10.8. The van der Waals surface area contributed by atoms with Crippen molar-refractivity contribution in [3.63, 3.8) is 0 Å². The zero-order valence-corrected chi connectivity index (χ0v) is 10.4. The molecule has 0 aromatic heterocycles. The average molecular weight is 237 g/mol. The zero-order valence-electron chi connectivity index (χ0n) is 10.4. The summed E-state index contributed by atoms with van der Waals surface area (Å²) in [5, 5.41) is 8.84. The van der Waals surface area contributed by atoms with Crippen LogP contribution in [0.15, 0.2) is 18.2 Å². The van der Waals surface area contributed by atoms with E-state index in [4.69, 9.17) is 15.6 Å².